The number of phenols is 1. The van der Waals surface area contributed by atoms with E-state index >= 15 is 0 Å². The first-order chi connectivity index (χ1) is 13.5. The SMILES string of the molecule is Nc1c(O)ccc2cc3ccccc3cc12.O=C1C=CC(=O)c2ccccc21. The van der Waals surface area contributed by atoms with Gasteiger partial charge in [0, 0.05) is 16.5 Å². The van der Waals surface area contributed by atoms with Crippen LogP contribution < -0.4 is 5.73 Å². The van der Waals surface area contributed by atoms with Crippen molar-refractivity contribution >= 4 is 38.8 Å². The van der Waals surface area contributed by atoms with Gasteiger partial charge in [0.1, 0.15) is 5.75 Å². The van der Waals surface area contributed by atoms with Crippen molar-refractivity contribution < 1.29 is 14.7 Å². The van der Waals surface area contributed by atoms with Crippen molar-refractivity contribution in [3.8, 4) is 5.75 Å². The van der Waals surface area contributed by atoms with Gasteiger partial charge in [-0.15, -0.1) is 0 Å². The van der Waals surface area contributed by atoms with Crippen LogP contribution in [-0.4, -0.2) is 16.7 Å². The van der Waals surface area contributed by atoms with Gasteiger partial charge in [-0.05, 0) is 46.5 Å². The third kappa shape index (κ3) is 3.12. The number of aromatic hydroxyl groups is 1. The maximum atomic E-state index is 11.2. The lowest BCUT2D eigenvalue weighted by atomic mass is 9.95. The highest BCUT2D eigenvalue weighted by molar-refractivity contribution is 6.21. The van der Waals surface area contributed by atoms with E-state index < -0.39 is 0 Å². The van der Waals surface area contributed by atoms with Crippen LogP contribution >= 0.6 is 0 Å². The molecule has 3 N–H and O–H groups in total. The third-order valence-electron chi connectivity index (χ3n) is 4.75. The third-order valence-corrected chi connectivity index (χ3v) is 4.75. The van der Waals surface area contributed by atoms with E-state index in [0.29, 0.717) is 16.8 Å². The van der Waals surface area contributed by atoms with Crippen LogP contribution in [0.3, 0.4) is 0 Å². The molecule has 0 fully saturated rings. The molecule has 0 atom stereocenters. The van der Waals surface area contributed by atoms with Gasteiger partial charge in [-0.2, -0.15) is 0 Å². The number of nitrogen functional groups attached to an aromatic ring is 1. The molecule has 136 valence electrons. The number of phenolic OH excluding ortho intramolecular Hbond substituents is 1. The van der Waals surface area contributed by atoms with Crippen LogP contribution in [-0.2, 0) is 0 Å². The first-order valence-corrected chi connectivity index (χ1v) is 8.80. The molecule has 0 heterocycles. The Bertz CT molecular complexity index is 1230. The average Bonchev–Trinajstić information content (AvgIpc) is 2.73. The van der Waals surface area contributed by atoms with Crippen LogP contribution in [0.1, 0.15) is 20.7 Å². The summed E-state index contributed by atoms with van der Waals surface area (Å²) in [5, 5.41) is 13.8. The molecule has 0 unspecified atom stereocenters. The monoisotopic (exact) mass is 367 g/mol. The number of fused-ring (bicyclic) bond motifs is 3. The number of allylic oxidation sites excluding steroid dienone is 2. The molecule has 4 aromatic carbocycles. The molecule has 0 bridgehead atoms. The zero-order chi connectivity index (χ0) is 19.7. The molecule has 0 aromatic heterocycles. The molecule has 0 amide bonds. The van der Waals surface area contributed by atoms with Gasteiger partial charge in [-0.25, -0.2) is 0 Å². The summed E-state index contributed by atoms with van der Waals surface area (Å²) in [4.78, 5) is 22.4. The van der Waals surface area contributed by atoms with Crippen molar-refractivity contribution in [1.29, 1.82) is 0 Å². The van der Waals surface area contributed by atoms with Gasteiger partial charge >= 0.3 is 0 Å². The van der Waals surface area contributed by atoms with Crippen molar-refractivity contribution in [3.05, 3.63) is 96.1 Å². The fourth-order valence-electron chi connectivity index (χ4n) is 3.27. The van der Waals surface area contributed by atoms with Crippen LogP contribution in [0.25, 0.3) is 21.5 Å². The summed E-state index contributed by atoms with van der Waals surface area (Å²) in [7, 11) is 0. The van der Waals surface area contributed by atoms with Crippen LogP contribution in [0.4, 0.5) is 5.69 Å². The number of ketones is 2. The molecule has 1 aliphatic carbocycles. The van der Waals surface area contributed by atoms with Crippen molar-refractivity contribution in [2.45, 2.75) is 0 Å². The summed E-state index contributed by atoms with van der Waals surface area (Å²) >= 11 is 0. The molecule has 4 aromatic rings. The maximum Gasteiger partial charge on any atom is 0.186 e. The van der Waals surface area contributed by atoms with E-state index in [2.05, 4.69) is 12.1 Å². The highest BCUT2D eigenvalue weighted by Crippen LogP contribution is 2.32. The Hall–Kier alpha value is -3.92. The molecule has 4 heteroatoms. The second-order valence-corrected chi connectivity index (χ2v) is 6.53. The van der Waals surface area contributed by atoms with Crippen molar-refractivity contribution in [1.82, 2.24) is 0 Å². The van der Waals surface area contributed by atoms with Gasteiger partial charge in [0.15, 0.2) is 11.6 Å². The van der Waals surface area contributed by atoms with E-state index in [9.17, 15) is 14.7 Å². The summed E-state index contributed by atoms with van der Waals surface area (Å²) in [6, 6.07) is 22.6. The molecule has 5 rings (SSSR count). The number of carbonyl (C=O) groups is 2. The molecule has 0 saturated heterocycles. The van der Waals surface area contributed by atoms with E-state index in [1.807, 2.05) is 30.3 Å². The van der Waals surface area contributed by atoms with Crippen LogP contribution in [0, 0.1) is 0 Å². The largest absolute Gasteiger partial charge is 0.506 e. The van der Waals surface area contributed by atoms with Crippen LogP contribution in [0.2, 0.25) is 0 Å². The van der Waals surface area contributed by atoms with Crippen molar-refractivity contribution in [3.63, 3.8) is 0 Å². The minimum atomic E-state index is -0.0924. The van der Waals surface area contributed by atoms with Gasteiger partial charge in [0.05, 0.1) is 5.69 Å². The Labute approximate surface area is 161 Å². The molecular weight excluding hydrogens is 350 g/mol. The van der Waals surface area contributed by atoms with Gasteiger partial charge in [-0.1, -0.05) is 54.6 Å². The van der Waals surface area contributed by atoms with Gasteiger partial charge in [-0.3, -0.25) is 9.59 Å². The van der Waals surface area contributed by atoms with E-state index in [0.717, 1.165) is 16.2 Å². The molecule has 0 saturated carbocycles. The summed E-state index contributed by atoms with van der Waals surface area (Å²) in [6.07, 6.45) is 2.62. The molecule has 1 aliphatic rings. The normalized spacial score (nSPS) is 12.6. The zero-order valence-electron chi connectivity index (χ0n) is 14.9. The fourth-order valence-corrected chi connectivity index (χ4v) is 3.27. The lowest BCUT2D eigenvalue weighted by Gasteiger charge is -2.06. The van der Waals surface area contributed by atoms with E-state index in [-0.39, 0.29) is 17.3 Å². The Morgan fingerprint density at radius 2 is 1.18 bits per heavy atom. The minimum absolute atomic E-state index is 0.0924. The molecular formula is C24H17NO3. The smallest absolute Gasteiger partial charge is 0.186 e. The van der Waals surface area contributed by atoms with E-state index in [4.69, 9.17) is 5.73 Å². The Morgan fingerprint density at radius 1 is 0.643 bits per heavy atom. The van der Waals surface area contributed by atoms with E-state index in [1.54, 1.807) is 30.3 Å². The second kappa shape index (κ2) is 7.00. The number of nitrogens with two attached hydrogens (primary N) is 1. The quantitative estimate of drug-likeness (QED) is 0.263. The number of carbonyl (C=O) groups excluding carboxylic acids is 2. The lowest BCUT2D eigenvalue weighted by molar-refractivity contribution is 0.0994. The molecule has 0 aliphatic heterocycles. The zero-order valence-corrected chi connectivity index (χ0v) is 14.9. The number of hydrogen-bond acceptors (Lipinski definition) is 4. The summed E-state index contributed by atoms with van der Waals surface area (Å²) in [5.74, 6) is -0.0434. The average molecular weight is 367 g/mol. The standard InChI is InChI=1S/C14H11NO.C10H6O2/c15-14-12-8-10-4-2-1-3-9(10)7-11(12)5-6-13(14)16;11-9-5-6-10(12)8-4-2-1-3-7(8)9/h1-8,16H,15H2;1-6H. The number of rotatable bonds is 0. The van der Waals surface area contributed by atoms with Gasteiger partial charge < -0.3 is 10.8 Å². The van der Waals surface area contributed by atoms with Crippen LogP contribution in [0.15, 0.2) is 84.9 Å². The van der Waals surface area contributed by atoms with Crippen molar-refractivity contribution in [2.75, 3.05) is 5.73 Å². The Balaban J connectivity index is 0.000000143. The topological polar surface area (TPSA) is 80.4 Å². The van der Waals surface area contributed by atoms with E-state index in [1.165, 1.54) is 17.5 Å². The first kappa shape index (κ1) is 17.5. The summed E-state index contributed by atoms with van der Waals surface area (Å²) < 4.78 is 0. The van der Waals surface area contributed by atoms with Crippen LogP contribution in [0.5, 0.6) is 5.75 Å². The molecule has 0 spiro atoms. The van der Waals surface area contributed by atoms with Gasteiger partial charge in [0.25, 0.3) is 0 Å². The lowest BCUT2D eigenvalue weighted by Crippen LogP contribution is -2.10. The number of hydrogen-bond donors (Lipinski definition) is 2. The summed E-state index contributed by atoms with van der Waals surface area (Å²) in [6.45, 7) is 0. The Kier molecular flexibility index (Phi) is 4.38. The molecule has 0 radical (unpaired) electrons. The predicted molar refractivity (Wildman–Crippen MR) is 112 cm³/mol. The predicted octanol–water partition coefficient (Wildman–Crippen LogP) is 4.90. The first-order valence-electron chi connectivity index (χ1n) is 8.80. The number of anilines is 1. The Morgan fingerprint density at radius 3 is 1.79 bits per heavy atom. The highest BCUT2D eigenvalue weighted by atomic mass is 16.3. The summed E-state index contributed by atoms with van der Waals surface area (Å²) in [5.41, 5.74) is 7.32. The minimum Gasteiger partial charge on any atom is -0.506 e. The second-order valence-electron chi connectivity index (χ2n) is 6.53. The van der Waals surface area contributed by atoms with Gasteiger partial charge in [0.2, 0.25) is 0 Å². The fraction of sp³-hybridized carbons (Fsp3) is 0. The highest BCUT2D eigenvalue weighted by Gasteiger charge is 2.17. The number of benzene rings is 4. The molecule has 4 nitrogen and oxygen atoms in total. The maximum absolute atomic E-state index is 11.2. The molecule has 28 heavy (non-hydrogen) atoms. The van der Waals surface area contributed by atoms with Crippen molar-refractivity contribution in [2.24, 2.45) is 0 Å².